The fourth-order valence-electron chi connectivity index (χ4n) is 0.827. The lowest BCUT2D eigenvalue weighted by molar-refractivity contribution is 0.0693. The molecular formula is C8H9NO2S. The summed E-state index contributed by atoms with van der Waals surface area (Å²) in [5.41, 5.74) is 0.330. The van der Waals surface area contributed by atoms with Crippen molar-refractivity contribution in [1.82, 2.24) is 4.98 Å². The molecule has 0 saturated heterocycles. The summed E-state index contributed by atoms with van der Waals surface area (Å²) >= 11 is 1.49. The van der Waals surface area contributed by atoms with Crippen LogP contribution in [-0.2, 0) is 0 Å². The van der Waals surface area contributed by atoms with Gasteiger partial charge < -0.3 is 5.11 Å². The fourth-order valence-corrected chi connectivity index (χ4v) is 1.58. The molecule has 0 bridgehead atoms. The topological polar surface area (TPSA) is 50.2 Å². The van der Waals surface area contributed by atoms with Gasteiger partial charge in [-0.05, 0) is 11.8 Å². The van der Waals surface area contributed by atoms with Crippen LogP contribution in [0.3, 0.4) is 0 Å². The van der Waals surface area contributed by atoms with Crippen molar-refractivity contribution in [2.24, 2.45) is 0 Å². The van der Waals surface area contributed by atoms with Crippen LogP contribution in [0.4, 0.5) is 0 Å². The molecule has 0 saturated carbocycles. The van der Waals surface area contributed by atoms with E-state index in [2.05, 4.69) is 4.98 Å². The second-order valence-corrected chi connectivity index (χ2v) is 3.42. The predicted molar refractivity (Wildman–Crippen MR) is 47.6 cm³/mol. The largest absolute Gasteiger partial charge is 0.478 e. The van der Waals surface area contributed by atoms with Crippen LogP contribution in [0.2, 0.25) is 0 Å². The number of rotatable bonds is 3. The standard InChI is InChI=1S/C8H9NO2S/c1-2-12-7-5-9-4-3-6(7)8(10)11/h3-5H,2H2,1H3,(H,10,11). The minimum absolute atomic E-state index is 0.330. The van der Waals surface area contributed by atoms with Crippen molar-refractivity contribution in [2.75, 3.05) is 5.75 Å². The molecule has 0 unspecified atom stereocenters. The van der Waals surface area contributed by atoms with Gasteiger partial charge in [0.25, 0.3) is 0 Å². The number of hydrogen-bond donors (Lipinski definition) is 1. The maximum Gasteiger partial charge on any atom is 0.336 e. The van der Waals surface area contributed by atoms with E-state index in [0.717, 1.165) is 10.6 Å². The lowest BCUT2D eigenvalue weighted by Crippen LogP contribution is -1.98. The van der Waals surface area contributed by atoms with Crippen molar-refractivity contribution in [2.45, 2.75) is 11.8 Å². The first-order valence-electron chi connectivity index (χ1n) is 3.55. The van der Waals surface area contributed by atoms with Crippen molar-refractivity contribution in [3.05, 3.63) is 24.0 Å². The van der Waals surface area contributed by atoms with Gasteiger partial charge in [-0.15, -0.1) is 11.8 Å². The Morgan fingerprint density at radius 1 is 1.75 bits per heavy atom. The molecule has 0 aromatic carbocycles. The molecule has 0 amide bonds. The van der Waals surface area contributed by atoms with Crippen LogP contribution in [0.1, 0.15) is 17.3 Å². The molecule has 4 heteroatoms. The summed E-state index contributed by atoms with van der Waals surface area (Å²) in [6.45, 7) is 1.98. The van der Waals surface area contributed by atoms with Crippen molar-refractivity contribution >= 4 is 17.7 Å². The Labute approximate surface area is 74.8 Å². The van der Waals surface area contributed by atoms with E-state index in [1.54, 1.807) is 6.20 Å². The van der Waals surface area contributed by atoms with Crippen LogP contribution in [0.15, 0.2) is 23.4 Å². The lowest BCUT2D eigenvalue weighted by Gasteiger charge is -2.01. The number of carbonyl (C=O) groups is 1. The van der Waals surface area contributed by atoms with Gasteiger partial charge in [-0.3, -0.25) is 4.98 Å². The quantitative estimate of drug-likeness (QED) is 0.727. The highest BCUT2D eigenvalue weighted by Gasteiger charge is 2.08. The molecule has 12 heavy (non-hydrogen) atoms. The predicted octanol–water partition coefficient (Wildman–Crippen LogP) is 1.89. The van der Waals surface area contributed by atoms with Gasteiger partial charge in [-0.2, -0.15) is 0 Å². The SMILES string of the molecule is CCSc1cnccc1C(=O)O. The Balaban J connectivity index is 3.00. The monoisotopic (exact) mass is 183 g/mol. The summed E-state index contributed by atoms with van der Waals surface area (Å²) < 4.78 is 0. The third-order valence-electron chi connectivity index (χ3n) is 1.31. The minimum Gasteiger partial charge on any atom is -0.478 e. The van der Waals surface area contributed by atoms with E-state index in [1.807, 2.05) is 6.92 Å². The highest BCUT2D eigenvalue weighted by molar-refractivity contribution is 7.99. The van der Waals surface area contributed by atoms with E-state index >= 15 is 0 Å². The van der Waals surface area contributed by atoms with Crippen molar-refractivity contribution in [3.8, 4) is 0 Å². The molecule has 0 spiro atoms. The van der Waals surface area contributed by atoms with Crippen molar-refractivity contribution in [3.63, 3.8) is 0 Å². The first kappa shape index (κ1) is 9.06. The van der Waals surface area contributed by atoms with Crippen molar-refractivity contribution in [1.29, 1.82) is 0 Å². The first-order chi connectivity index (χ1) is 5.75. The normalized spacial score (nSPS) is 9.75. The second kappa shape index (κ2) is 4.11. The summed E-state index contributed by atoms with van der Waals surface area (Å²) in [7, 11) is 0. The Morgan fingerprint density at radius 2 is 2.50 bits per heavy atom. The average molecular weight is 183 g/mol. The molecule has 0 fully saturated rings. The van der Waals surface area contributed by atoms with Gasteiger partial charge in [0.15, 0.2) is 0 Å². The first-order valence-corrected chi connectivity index (χ1v) is 4.54. The highest BCUT2D eigenvalue weighted by atomic mass is 32.2. The molecule has 0 aliphatic heterocycles. The number of aromatic carboxylic acids is 1. The number of carboxylic acids is 1. The summed E-state index contributed by atoms with van der Waals surface area (Å²) in [6, 6.07) is 1.51. The molecule has 0 radical (unpaired) electrons. The smallest absolute Gasteiger partial charge is 0.336 e. The van der Waals surface area contributed by atoms with Gasteiger partial charge in [0, 0.05) is 17.3 Å². The van der Waals surface area contributed by atoms with E-state index in [4.69, 9.17) is 5.11 Å². The zero-order chi connectivity index (χ0) is 8.97. The summed E-state index contributed by atoms with van der Waals surface area (Å²) in [5, 5.41) is 8.75. The third-order valence-corrected chi connectivity index (χ3v) is 2.24. The summed E-state index contributed by atoms with van der Waals surface area (Å²) in [6.07, 6.45) is 3.07. The Morgan fingerprint density at radius 3 is 3.08 bits per heavy atom. The molecule has 1 N–H and O–H groups in total. The molecule has 0 aliphatic rings. The van der Waals surface area contributed by atoms with Crippen LogP contribution in [0.25, 0.3) is 0 Å². The zero-order valence-electron chi connectivity index (χ0n) is 6.65. The fraction of sp³-hybridized carbons (Fsp3) is 0.250. The van der Waals surface area contributed by atoms with E-state index in [0.29, 0.717) is 5.56 Å². The number of carboxylic acid groups (broad SMARTS) is 1. The third kappa shape index (κ3) is 1.98. The molecule has 1 aromatic rings. The Hall–Kier alpha value is -1.03. The van der Waals surface area contributed by atoms with Gasteiger partial charge in [-0.1, -0.05) is 6.92 Å². The molecule has 1 heterocycles. The van der Waals surface area contributed by atoms with E-state index < -0.39 is 5.97 Å². The van der Waals surface area contributed by atoms with Gasteiger partial charge in [0.1, 0.15) is 0 Å². The molecule has 0 atom stereocenters. The maximum atomic E-state index is 10.7. The molecule has 3 nitrogen and oxygen atoms in total. The van der Waals surface area contributed by atoms with Crippen molar-refractivity contribution < 1.29 is 9.90 Å². The molecular weight excluding hydrogens is 174 g/mol. The number of aromatic nitrogens is 1. The van der Waals surface area contributed by atoms with Crippen LogP contribution >= 0.6 is 11.8 Å². The van der Waals surface area contributed by atoms with Gasteiger partial charge in [0.05, 0.1) is 5.56 Å². The van der Waals surface area contributed by atoms with E-state index in [1.165, 1.54) is 24.0 Å². The van der Waals surface area contributed by atoms with Crippen LogP contribution in [-0.4, -0.2) is 21.8 Å². The molecule has 0 aliphatic carbocycles. The van der Waals surface area contributed by atoms with Gasteiger partial charge >= 0.3 is 5.97 Å². The molecule has 1 rings (SSSR count). The van der Waals surface area contributed by atoms with E-state index in [-0.39, 0.29) is 0 Å². The minimum atomic E-state index is -0.895. The molecule has 64 valence electrons. The van der Waals surface area contributed by atoms with E-state index in [9.17, 15) is 4.79 Å². The Bertz CT molecular complexity index is 288. The van der Waals surface area contributed by atoms with Crippen LogP contribution in [0, 0.1) is 0 Å². The number of pyridine rings is 1. The summed E-state index contributed by atoms with van der Waals surface area (Å²) in [5.74, 6) is -0.0419. The Kier molecular flexibility index (Phi) is 3.10. The van der Waals surface area contributed by atoms with Crippen LogP contribution in [0.5, 0.6) is 0 Å². The zero-order valence-corrected chi connectivity index (χ0v) is 7.47. The number of hydrogen-bond acceptors (Lipinski definition) is 3. The molecule has 1 aromatic heterocycles. The van der Waals surface area contributed by atoms with Gasteiger partial charge in [-0.25, -0.2) is 4.79 Å². The lowest BCUT2D eigenvalue weighted by atomic mass is 10.3. The van der Waals surface area contributed by atoms with Crippen LogP contribution < -0.4 is 0 Å². The second-order valence-electron chi connectivity index (χ2n) is 2.11. The highest BCUT2D eigenvalue weighted by Crippen LogP contribution is 2.20. The number of thioether (sulfide) groups is 1. The van der Waals surface area contributed by atoms with Gasteiger partial charge in [0.2, 0.25) is 0 Å². The average Bonchev–Trinajstić information content (AvgIpc) is 2.05. The maximum absolute atomic E-state index is 10.7. The summed E-state index contributed by atoms with van der Waals surface area (Å²) in [4.78, 5) is 15.2. The number of nitrogens with zero attached hydrogens (tertiary/aromatic N) is 1.